The van der Waals surface area contributed by atoms with Gasteiger partial charge in [0.25, 0.3) is 0 Å². The highest BCUT2D eigenvalue weighted by atomic mass is 16.5. The molecule has 0 aliphatic heterocycles. The number of hydrogen-bond acceptors (Lipinski definition) is 3. The summed E-state index contributed by atoms with van der Waals surface area (Å²) in [5.41, 5.74) is 1.59. The SMILES string of the molecule is COc1ccc(C2(C#N)CC2C)c(OC)c1C. The van der Waals surface area contributed by atoms with Crippen molar-refractivity contribution in [3.63, 3.8) is 0 Å². The number of methoxy groups -OCH3 is 2. The molecular weight excluding hydrogens is 214 g/mol. The quantitative estimate of drug-likeness (QED) is 0.803. The second kappa shape index (κ2) is 3.96. The van der Waals surface area contributed by atoms with Gasteiger partial charge >= 0.3 is 0 Å². The van der Waals surface area contributed by atoms with Crippen LogP contribution in [0.1, 0.15) is 24.5 Å². The van der Waals surface area contributed by atoms with E-state index in [2.05, 4.69) is 13.0 Å². The first-order valence-corrected chi connectivity index (χ1v) is 5.74. The van der Waals surface area contributed by atoms with Crippen LogP contribution in [0.5, 0.6) is 11.5 Å². The van der Waals surface area contributed by atoms with Crippen molar-refractivity contribution >= 4 is 0 Å². The summed E-state index contributed by atoms with van der Waals surface area (Å²) in [5.74, 6) is 1.98. The molecule has 3 heteroatoms. The third-order valence-corrected chi connectivity index (χ3v) is 3.77. The number of nitrogens with zero attached hydrogens (tertiary/aromatic N) is 1. The standard InChI is InChI=1S/C14H17NO2/c1-9-7-14(9,8-15)11-5-6-12(16-3)10(2)13(11)17-4/h5-6,9H,7H2,1-4H3. The van der Waals surface area contributed by atoms with Gasteiger partial charge in [0.2, 0.25) is 0 Å². The highest BCUT2D eigenvalue weighted by Crippen LogP contribution is 2.57. The summed E-state index contributed by atoms with van der Waals surface area (Å²) >= 11 is 0. The van der Waals surface area contributed by atoms with Crippen LogP contribution in [0.25, 0.3) is 0 Å². The van der Waals surface area contributed by atoms with Crippen molar-refractivity contribution in [2.24, 2.45) is 5.92 Å². The minimum Gasteiger partial charge on any atom is -0.496 e. The van der Waals surface area contributed by atoms with E-state index in [-0.39, 0.29) is 5.41 Å². The summed E-state index contributed by atoms with van der Waals surface area (Å²) < 4.78 is 10.7. The van der Waals surface area contributed by atoms with Crippen LogP contribution in [-0.4, -0.2) is 14.2 Å². The Bertz CT molecular complexity index is 490. The average molecular weight is 231 g/mol. The predicted octanol–water partition coefficient (Wildman–Crippen LogP) is 2.81. The minimum atomic E-state index is -0.359. The number of hydrogen-bond donors (Lipinski definition) is 0. The molecule has 1 saturated carbocycles. The molecule has 2 atom stereocenters. The molecule has 1 aromatic carbocycles. The summed E-state index contributed by atoms with van der Waals surface area (Å²) in [7, 11) is 3.28. The van der Waals surface area contributed by atoms with E-state index in [9.17, 15) is 5.26 Å². The van der Waals surface area contributed by atoms with Gasteiger partial charge in [-0.1, -0.05) is 13.0 Å². The lowest BCUT2D eigenvalue weighted by atomic mass is 9.92. The largest absolute Gasteiger partial charge is 0.496 e. The maximum atomic E-state index is 9.38. The fourth-order valence-corrected chi connectivity index (χ4v) is 2.52. The molecule has 0 bridgehead atoms. The van der Waals surface area contributed by atoms with E-state index < -0.39 is 0 Å². The molecule has 1 aliphatic carbocycles. The van der Waals surface area contributed by atoms with E-state index in [1.807, 2.05) is 19.1 Å². The first-order valence-electron chi connectivity index (χ1n) is 5.74. The summed E-state index contributed by atoms with van der Waals surface area (Å²) in [5, 5.41) is 9.38. The van der Waals surface area contributed by atoms with E-state index in [0.717, 1.165) is 29.0 Å². The molecule has 3 nitrogen and oxygen atoms in total. The van der Waals surface area contributed by atoms with Crippen molar-refractivity contribution in [2.45, 2.75) is 25.7 Å². The summed E-state index contributed by atoms with van der Waals surface area (Å²) in [4.78, 5) is 0. The highest BCUT2D eigenvalue weighted by molar-refractivity contribution is 5.57. The first-order chi connectivity index (χ1) is 8.10. The molecule has 1 aromatic rings. The van der Waals surface area contributed by atoms with Crippen LogP contribution in [0.4, 0.5) is 0 Å². The number of benzene rings is 1. The van der Waals surface area contributed by atoms with Gasteiger partial charge in [0.15, 0.2) is 0 Å². The fraction of sp³-hybridized carbons (Fsp3) is 0.500. The highest BCUT2D eigenvalue weighted by Gasteiger charge is 2.55. The van der Waals surface area contributed by atoms with E-state index in [1.54, 1.807) is 14.2 Å². The van der Waals surface area contributed by atoms with Crippen LogP contribution in [0, 0.1) is 24.2 Å². The van der Waals surface area contributed by atoms with E-state index in [4.69, 9.17) is 9.47 Å². The molecule has 0 radical (unpaired) electrons. The van der Waals surface area contributed by atoms with Gasteiger partial charge in [-0.2, -0.15) is 5.26 Å². The Morgan fingerprint density at radius 3 is 2.41 bits per heavy atom. The Morgan fingerprint density at radius 2 is 2.00 bits per heavy atom. The summed E-state index contributed by atoms with van der Waals surface area (Å²) in [6.07, 6.45) is 0.908. The van der Waals surface area contributed by atoms with Gasteiger partial charge in [0.05, 0.1) is 25.7 Å². The van der Waals surface area contributed by atoms with Crippen LogP contribution < -0.4 is 9.47 Å². The topological polar surface area (TPSA) is 42.2 Å². The van der Waals surface area contributed by atoms with Crippen molar-refractivity contribution in [3.05, 3.63) is 23.3 Å². The Labute approximate surface area is 102 Å². The lowest BCUT2D eigenvalue weighted by Gasteiger charge is -2.17. The second-order valence-electron chi connectivity index (χ2n) is 4.66. The van der Waals surface area contributed by atoms with Crippen LogP contribution in [0.2, 0.25) is 0 Å². The Morgan fingerprint density at radius 1 is 1.35 bits per heavy atom. The number of nitriles is 1. The Balaban J connectivity index is 2.57. The number of rotatable bonds is 3. The molecule has 0 amide bonds. The third-order valence-electron chi connectivity index (χ3n) is 3.77. The molecule has 1 aliphatic rings. The lowest BCUT2D eigenvalue weighted by Crippen LogP contribution is -2.09. The maximum absolute atomic E-state index is 9.38. The minimum absolute atomic E-state index is 0.359. The molecule has 2 rings (SSSR count). The second-order valence-corrected chi connectivity index (χ2v) is 4.66. The normalized spacial score (nSPS) is 26.2. The van der Waals surface area contributed by atoms with E-state index >= 15 is 0 Å². The first kappa shape index (κ1) is 11.8. The van der Waals surface area contributed by atoms with E-state index in [1.165, 1.54) is 0 Å². The van der Waals surface area contributed by atoms with Crippen molar-refractivity contribution < 1.29 is 9.47 Å². The molecule has 0 spiro atoms. The molecule has 0 heterocycles. The van der Waals surface area contributed by atoms with Gasteiger partial charge in [-0.25, -0.2) is 0 Å². The zero-order chi connectivity index (χ0) is 12.6. The van der Waals surface area contributed by atoms with E-state index in [0.29, 0.717) is 5.92 Å². The van der Waals surface area contributed by atoms with Gasteiger partial charge < -0.3 is 9.47 Å². The molecule has 1 fully saturated rings. The van der Waals surface area contributed by atoms with Crippen LogP contribution in [-0.2, 0) is 5.41 Å². The van der Waals surface area contributed by atoms with Crippen LogP contribution in [0.3, 0.4) is 0 Å². The van der Waals surface area contributed by atoms with Crippen molar-refractivity contribution in [2.75, 3.05) is 14.2 Å². The smallest absolute Gasteiger partial charge is 0.130 e. The van der Waals surface area contributed by atoms with Crippen molar-refractivity contribution in [1.82, 2.24) is 0 Å². The molecule has 0 saturated heterocycles. The zero-order valence-corrected chi connectivity index (χ0v) is 10.7. The average Bonchev–Trinajstić information content (AvgIpc) is 3.01. The molecule has 17 heavy (non-hydrogen) atoms. The summed E-state index contributed by atoms with van der Waals surface area (Å²) in [6, 6.07) is 6.31. The third kappa shape index (κ3) is 1.56. The van der Waals surface area contributed by atoms with Crippen LogP contribution in [0.15, 0.2) is 12.1 Å². The fourth-order valence-electron chi connectivity index (χ4n) is 2.52. The van der Waals surface area contributed by atoms with Gasteiger partial charge in [-0.05, 0) is 25.3 Å². The Hall–Kier alpha value is -1.69. The maximum Gasteiger partial charge on any atom is 0.130 e. The molecule has 2 unspecified atom stereocenters. The molecule has 0 N–H and O–H groups in total. The molecule has 0 aromatic heterocycles. The monoisotopic (exact) mass is 231 g/mol. The Kier molecular flexibility index (Phi) is 2.74. The van der Waals surface area contributed by atoms with Gasteiger partial charge in [0.1, 0.15) is 11.5 Å². The molecule has 90 valence electrons. The van der Waals surface area contributed by atoms with Gasteiger partial charge in [-0.15, -0.1) is 0 Å². The predicted molar refractivity (Wildman–Crippen MR) is 65.4 cm³/mol. The zero-order valence-electron chi connectivity index (χ0n) is 10.7. The summed E-state index contributed by atoms with van der Waals surface area (Å²) in [6.45, 7) is 4.06. The van der Waals surface area contributed by atoms with Gasteiger partial charge in [-0.3, -0.25) is 0 Å². The van der Waals surface area contributed by atoms with Gasteiger partial charge in [0, 0.05) is 11.1 Å². The van der Waals surface area contributed by atoms with Crippen LogP contribution >= 0.6 is 0 Å². The lowest BCUT2D eigenvalue weighted by molar-refractivity contribution is 0.383. The molecular formula is C14H17NO2. The number of ether oxygens (including phenoxy) is 2. The van der Waals surface area contributed by atoms with Crippen molar-refractivity contribution in [1.29, 1.82) is 5.26 Å². The van der Waals surface area contributed by atoms with Crippen molar-refractivity contribution in [3.8, 4) is 17.6 Å².